The van der Waals surface area contributed by atoms with Gasteiger partial charge in [0.05, 0.1) is 22.6 Å². The molecule has 0 aliphatic carbocycles. The van der Waals surface area contributed by atoms with Gasteiger partial charge in [0.15, 0.2) is 0 Å². The molecule has 2 aromatic carbocycles. The van der Waals surface area contributed by atoms with E-state index in [-0.39, 0.29) is 0 Å². The number of benzene rings is 2. The molecule has 0 saturated carbocycles. The van der Waals surface area contributed by atoms with Gasteiger partial charge in [-0.2, -0.15) is 8.61 Å². The van der Waals surface area contributed by atoms with Gasteiger partial charge in [-0.15, -0.1) is 22.7 Å². The predicted octanol–water partition coefficient (Wildman–Crippen LogP) is 5.22. The summed E-state index contributed by atoms with van der Waals surface area (Å²) < 4.78 is 54.8. The van der Waals surface area contributed by atoms with Crippen LogP contribution in [0, 0.1) is 23.7 Å². The Morgan fingerprint density at radius 2 is 0.950 bits per heavy atom. The summed E-state index contributed by atoms with van der Waals surface area (Å²) in [7, 11) is -6.91. The zero-order chi connectivity index (χ0) is 43.9. The van der Waals surface area contributed by atoms with Gasteiger partial charge in [0.25, 0.3) is 20.0 Å². The molecule has 2 atom stereocenters. The number of aliphatic hydroxyl groups excluding tert-OH is 2. The molecule has 2 aliphatic rings. The zero-order valence-corrected chi connectivity index (χ0v) is 38.3. The summed E-state index contributed by atoms with van der Waals surface area (Å²) >= 11 is 2.46. The van der Waals surface area contributed by atoms with Gasteiger partial charge in [-0.3, -0.25) is 0 Å². The molecule has 0 unspecified atom stereocenters. The Labute approximate surface area is 363 Å². The molecule has 4 aromatic rings. The van der Waals surface area contributed by atoms with Crippen LogP contribution in [0.3, 0.4) is 0 Å². The normalized spacial score (nSPS) is 16.8. The van der Waals surface area contributed by atoms with Crippen molar-refractivity contribution < 1.29 is 37.3 Å². The average Bonchev–Trinajstić information content (AvgIpc) is 3.99. The molecule has 12 nitrogen and oxygen atoms in total. The van der Waals surface area contributed by atoms with Crippen molar-refractivity contribution in [3.05, 3.63) is 93.7 Å². The molecule has 0 spiro atoms. The maximum atomic E-state index is 12.8. The smallest absolute Gasteiger partial charge is 0.252 e. The maximum absolute atomic E-state index is 12.8. The molecular weight excluding hydrogens is 841 g/mol. The molecule has 4 N–H and O–H groups in total. The topological polar surface area (TPSA) is 162 Å². The summed E-state index contributed by atoms with van der Waals surface area (Å²) in [5, 5.41) is 44.0. The van der Waals surface area contributed by atoms with E-state index in [9.17, 15) is 37.3 Å². The Morgan fingerprint density at radius 1 is 0.600 bits per heavy atom. The highest BCUT2D eigenvalue weighted by Gasteiger charge is 2.32. The van der Waals surface area contributed by atoms with Crippen molar-refractivity contribution in [3.63, 3.8) is 0 Å². The third-order valence-electron chi connectivity index (χ3n) is 10.3. The van der Waals surface area contributed by atoms with Crippen LogP contribution in [0.25, 0.3) is 0 Å². The Hall–Kier alpha value is -3.78. The van der Waals surface area contributed by atoms with E-state index in [0.717, 1.165) is 33.6 Å². The van der Waals surface area contributed by atoms with E-state index in [1.54, 1.807) is 62.7 Å². The first-order chi connectivity index (χ1) is 28.2. The van der Waals surface area contributed by atoms with Crippen LogP contribution < -0.4 is 9.80 Å². The lowest BCUT2D eigenvalue weighted by molar-refractivity contribution is 0.0780. The summed E-state index contributed by atoms with van der Waals surface area (Å²) in [5.41, 5.74) is 2.66. The van der Waals surface area contributed by atoms with Crippen LogP contribution in [-0.2, 0) is 31.2 Å². The molecule has 60 heavy (non-hydrogen) atoms. The van der Waals surface area contributed by atoms with E-state index < -0.39 is 43.5 Å². The molecular formula is C44H56N4O8S4. The first-order valence-corrected chi connectivity index (χ1v) is 24.6. The molecule has 2 fully saturated rings. The van der Waals surface area contributed by atoms with Crippen LogP contribution in [0.2, 0.25) is 0 Å². The molecule has 0 radical (unpaired) electrons. The summed E-state index contributed by atoms with van der Waals surface area (Å²) in [6.45, 7) is 14.3. The van der Waals surface area contributed by atoms with E-state index in [1.165, 1.54) is 31.3 Å². The number of sulfonamides is 2. The minimum Gasteiger partial charge on any atom is -0.386 e. The molecule has 2 saturated heterocycles. The van der Waals surface area contributed by atoms with Crippen LogP contribution in [0.15, 0.2) is 79.8 Å². The third kappa shape index (κ3) is 11.8. The van der Waals surface area contributed by atoms with Gasteiger partial charge in [-0.1, -0.05) is 61.8 Å². The van der Waals surface area contributed by atoms with Crippen molar-refractivity contribution in [2.24, 2.45) is 0 Å². The average molecular weight is 897 g/mol. The molecule has 16 heteroatoms. The largest absolute Gasteiger partial charge is 0.386 e. The minimum absolute atomic E-state index is 0.366. The number of thiophene rings is 2. The summed E-state index contributed by atoms with van der Waals surface area (Å²) in [4.78, 5) is 4.22. The van der Waals surface area contributed by atoms with E-state index in [0.29, 0.717) is 73.6 Å². The Kier molecular flexibility index (Phi) is 15.7. The second-order valence-electron chi connectivity index (χ2n) is 15.6. The van der Waals surface area contributed by atoms with E-state index in [1.807, 2.05) is 50.2 Å². The number of aliphatic hydroxyl groups is 4. The fraction of sp³-hybridized carbons (Fsp3) is 0.455. The van der Waals surface area contributed by atoms with Crippen molar-refractivity contribution in [1.82, 2.24) is 8.61 Å². The highest BCUT2D eigenvalue weighted by Crippen LogP contribution is 2.31. The highest BCUT2D eigenvalue weighted by atomic mass is 32.3. The Balaban J connectivity index is 0.000000228. The maximum Gasteiger partial charge on any atom is 0.252 e. The molecule has 2 aromatic heterocycles. The van der Waals surface area contributed by atoms with Gasteiger partial charge < -0.3 is 30.2 Å². The van der Waals surface area contributed by atoms with Crippen molar-refractivity contribution in [2.45, 2.75) is 86.2 Å². The van der Waals surface area contributed by atoms with Crippen LogP contribution in [0.4, 0.5) is 11.4 Å². The molecule has 0 amide bonds. The third-order valence-corrected chi connectivity index (χ3v) is 16.8. The first kappa shape index (κ1) is 47.3. The SMILES string of the molecule is CC[C@@H](O)C#Cc1cc(C(C)(C)O)ccc1N1CCN(S(=O)(=O)c2cccs2)CC1.CC[C@H](O)C#Cc1cc(C(C)(C)O)ccc1N1CCN(S(=O)(=O)c2cccs2)CC1. The number of hydrogen-bond acceptors (Lipinski definition) is 12. The van der Waals surface area contributed by atoms with Gasteiger partial charge in [-0.05, 0) is 98.8 Å². The molecule has 0 bridgehead atoms. The highest BCUT2D eigenvalue weighted by molar-refractivity contribution is 7.91. The van der Waals surface area contributed by atoms with Crippen LogP contribution in [0.5, 0.6) is 0 Å². The predicted molar refractivity (Wildman–Crippen MR) is 240 cm³/mol. The Morgan fingerprint density at radius 3 is 1.23 bits per heavy atom. The molecule has 2 aliphatic heterocycles. The number of nitrogens with zero attached hydrogens (tertiary/aromatic N) is 4. The van der Waals surface area contributed by atoms with Crippen molar-refractivity contribution >= 4 is 54.1 Å². The minimum atomic E-state index is -3.45. The lowest BCUT2D eigenvalue weighted by atomic mass is 9.95. The second kappa shape index (κ2) is 19.9. The van der Waals surface area contributed by atoms with Gasteiger partial charge in [0.2, 0.25) is 0 Å². The zero-order valence-electron chi connectivity index (χ0n) is 35.0. The van der Waals surface area contributed by atoms with E-state index in [2.05, 4.69) is 33.5 Å². The van der Waals surface area contributed by atoms with Gasteiger partial charge in [-0.25, -0.2) is 16.8 Å². The Bertz CT molecular complexity index is 2220. The van der Waals surface area contributed by atoms with Crippen molar-refractivity contribution in [3.8, 4) is 23.7 Å². The van der Waals surface area contributed by atoms with Gasteiger partial charge in [0.1, 0.15) is 20.6 Å². The van der Waals surface area contributed by atoms with E-state index in [4.69, 9.17) is 0 Å². The fourth-order valence-corrected chi connectivity index (χ4v) is 11.7. The molecule has 324 valence electrons. The van der Waals surface area contributed by atoms with Crippen LogP contribution in [0.1, 0.15) is 76.6 Å². The molecule has 6 rings (SSSR count). The van der Waals surface area contributed by atoms with Crippen LogP contribution in [-0.4, -0.2) is 110 Å². The lowest BCUT2D eigenvalue weighted by Gasteiger charge is -2.36. The quantitative estimate of drug-likeness (QED) is 0.156. The molecule has 4 heterocycles. The number of rotatable bonds is 10. The number of piperazine rings is 2. The van der Waals surface area contributed by atoms with Gasteiger partial charge in [0, 0.05) is 63.5 Å². The summed E-state index contributed by atoms with van der Waals surface area (Å²) in [6, 6.07) is 18.0. The fourth-order valence-electron chi connectivity index (χ4n) is 6.52. The van der Waals surface area contributed by atoms with Crippen LogP contribution >= 0.6 is 22.7 Å². The number of anilines is 2. The second-order valence-corrected chi connectivity index (χ2v) is 21.8. The van der Waals surface area contributed by atoms with Gasteiger partial charge >= 0.3 is 0 Å². The number of hydrogen-bond donors (Lipinski definition) is 4. The lowest BCUT2D eigenvalue weighted by Crippen LogP contribution is -2.48. The summed E-state index contributed by atoms with van der Waals surface area (Å²) in [5.74, 6) is 11.8. The first-order valence-electron chi connectivity index (χ1n) is 20.0. The summed E-state index contributed by atoms with van der Waals surface area (Å²) in [6.07, 6.45) is -0.354. The van der Waals surface area contributed by atoms with Crippen molar-refractivity contribution in [1.29, 1.82) is 0 Å². The van der Waals surface area contributed by atoms with E-state index >= 15 is 0 Å². The van der Waals surface area contributed by atoms with Crippen molar-refractivity contribution in [2.75, 3.05) is 62.2 Å². The standard InChI is InChI=1S/2C22H28N2O4S2/c2*1-4-19(25)9-7-17-16-18(22(2,3)26)8-10-20(17)23-11-13-24(14-12-23)30(27,28)21-6-5-15-29-21/h2*5-6,8,10,15-16,19,25-26H,4,11-14H2,1-3H3/t2*19-/m10/s1. The monoisotopic (exact) mass is 896 g/mol.